The Balaban J connectivity index is 2.08. The van der Waals surface area contributed by atoms with Gasteiger partial charge in [0.1, 0.15) is 0 Å². The summed E-state index contributed by atoms with van der Waals surface area (Å²) in [7, 11) is 0. The SMILES string of the molecule is CCC1Cc2ccccc2C1c1cnc[nH]1. The maximum atomic E-state index is 4.15. The van der Waals surface area contributed by atoms with E-state index in [1.165, 1.54) is 29.7 Å². The Morgan fingerprint density at radius 2 is 2.25 bits per heavy atom. The summed E-state index contributed by atoms with van der Waals surface area (Å²) in [6.07, 6.45) is 6.17. The van der Waals surface area contributed by atoms with E-state index >= 15 is 0 Å². The molecule has 16 heavy (non-hydrogen) atoms. The van der Waals surface area contributed by atoms with Crippen LogP contribution in [-0.4, -0.2) is 9.97 Å². The van der Waals surface area contributed by atoms with Crippen LogP contribution in [0.1, 0.15) is 36.1 Å². The zero-order valence-electron chi connectivity index (χ0n) is 9.48. The fraction of sp³-hybridized carbons (Fsp3) is 0.357. The van der Waals surface area contributed by atoms with Crippen molar-refractivity contribution >= 4 is 0 Å². The molecule has 0 saturated carbocycles. The van der Waals surface area contributed by atoms with E-state index < -0.39 is 0 Å². The molecule has 82 valence electrons. The topological polar surface area (TPSA) is 28.7 Å². The standard InChI is InChI=1S/C14H16N2/c1-2-10-7-11-5-3-4-6-12(11)14(10)13-8-15-9-16-13/h3-6,8-10,14H,2,7H2,1H3,(H,15,16). The summed E-state index contributed by atoms with van der Waals surface area (Å²) >= 11 is 0. The summed E-state index contributed by atoms with van der Waals surface area (Å²) < 4.78 is 0. The van der Waals surface area contributed by atoms with Crippen molar-refractivity contribution in [3.05, 3.63) is 53.6 Å². The average molecular weight is 212 g/mol. The molecular formula is C14H16N2. The highest BCUT2D eigenvalue weighted by molar-refractivity contribution is 5.40. The third-order valence-corrected chi connectivity index (χ3v) is 3.72. The lowest BCUT2D eigenvalue weighted by Crippen LogP contribution is -2.08. The number of rotatable bonds is 2. The van der Waals surface area contributed by atoms with Crippen molar-refractivity contribution in [2.75, 3.05) is 0 Å². The summed E-state index contributed by atoms with van der Waals surface area (Å²) in [5.41, 5.74) is 4.25. The molecule has 1 aromatic carbocycles. The lowest BCUT2D eigenvalue weighted by Gasteiger charge is -2.17. The van der Waals surface area contributed by atoms with Crippen LogP contribution in [0.4, 0.5) is 0 Å². The van der Waals surface area contributed by atoms with E-state index in [1.807, 2.05) is 6.20 Å². The second-order valence-corrected chi connectivity index (χ2v) is 4.56. The van der Waals surface area contributed by atoms with E-state index in [4.69, 9.17) is 0 Å². The molecule has 2 unspecified atom stereocenters. The van der Waals surface area contributed by atoms with Gasteiger partial charge in [-0.15, -0.1) is 0 Å². The summed E-state index contributed by atoms with van der Waals surface area (Å²) in [6.45, 7) is 2.28. The van der Waals surface area contributed by atoms with Crippen molar-refractivity contribution in [1.29, 1.82) is 0 Å². The molecule has 0 radical (unpaired) electrons. The van der Waals surface area contributed by atoms with Gasteiger partial charge in [0, 0.05) is 17.8 Å². The first-order valence-electron chi connectivity index (χ1n) is 5.96. The van der Waals surface area contributed by atoms with Crippen LogP contribution in [0.25, 0.3) is 0 Å². The quantitative estimate of drug-likeness (QED) is 0.814. The monoisotopic (exact) mass is 212 g/mol. The highest BCUT2D eigenvalue weighted by Crippen LogP contribution is 2.42. The van der Waals surface area contributed by atoms with Crippen molar-refractivity contribution in [3.63, 3.8) is 0 Å². The number of fused-ring (bicyclic) bond motifs is 1. The van der Waals surface area contributed by atoms with Gasteiger partial charge < -0.3 is 4.98 Å². The average Bonchev–Trinajstić information content (AvgIpc) is 2.94. The minimum absolute atomic E-state index is 0.517. The molecule has 0 amide bonds. The van der Waals surface area contributed by atoms with E-state index in [1.54, 1.807) is 6.33 Å². The molecule has 0 bridgehead atoms. The van der Waals surface area contributed by atoms with E-state index in [0.717, 1.165) is 5.92 Å². The normalized spacial score (nSPS) is 23.3. The van der Waals surface area contributed by atoms with Gasteiger partial charge in [0.15, 0.2) is 0 Å². The molecule has 0 fully saturated rings. The largest absolute Gasteiger partial charge is 0.348 e. The second-order valence-electron chi connectivity index (χ2n) is 4.56. The number of aromatic nitrogens is 2. The number of nitrogens with zero attached hydrogens (tertiary/aromatic N) is 1. The minimum atomic E-state index is 0.517. The van der Waals surface area contributed by atoms with Crippen LogP contribution in [0.5, 0.6) is 0 Å². The first-order chi connectivity index (χ1) is 7.90. The molecule has 1 heterocycles. The van der Waals surface area contributed by atoms with Crippen molar-refractivity contribution in [2.45, 2.75) is 25.7 Å². The van der Waals surface area contributed by atoms with E-state index in [2.05, 4.69) is 41.2 Å². The Kier molecular flexibility index (Phi) is 2.28. The molecule has 3 rings (SSSR count). The van der Waals surface area contributed by atoms with Gasteiger partial charge in [-0.05, 0) is 23.5 Å². The van der Waals surface area contributed by atoms with Crippen molar-refractivity contribution in [2.24, 2.45) is 5.92 Å². The molecule has 1 aliphatic carbocycles. The van der Waals surface area contributed by atoms with Crippen LogP contribution >= 0.6 is 0 Å². The molecule has 2 aromatic rings. The maximum absolute atomic E-state index is 4.15. The Labute approximate surface area is 95.7 Å². The smallest absolute Gasteiger partial charge is 0.0921 e. The zero-order valence-corrected chi connectivity index (χ0v) is 9.48. The summed E-state index contributed by atoms with van der Waals surface area (Å²) in [4.78, 5) is 7.43. The van der Waals surface area contributed by atoms with E-state index in [-0.39, 0.29) is 0 Å². The van der Waals surface area contributed by atoms with Crippen LogP contribution in [0, 0.1) is 5.92 Å². The zero-order chi connectivity index (χ0) is 11.0. The van der Waals surface area contributed by atoms with Crippen LogP contribution < -0.4 is 0 Å². The molecule has 0 spiro atoms. The number of imidazole rings is 1. The third kappa shape index (κ3) is 1.37. The summed E-state index contributed by atoms with van der Waals surface area (Å²) in [5.74, 6) is 1.24. The van der Waals surface area contributed by atoms with E-state index in [9.17, 15) is 0 Å². The number of hydrogen-bond donors (Lipinski definition) is 1. The summed E-state index contributed by atoms with van der Waals surface area (Å²) in [5, 5.41) is 0. The number of aromatic amines is 1. The van der Waals surface area contributed by atoms with Gasteiger partial charge in [-0.3, -0.25) is 0 Å². The van der Waals surface area contributed by atoms with Gasteiger partial charge in [0.25, 0.3) is 0 Å². The Hall–Kier alpha value is -1.57. The molecule has 2 heteroatoms. The van der Waals surface area contributed by atoms with Crippen molar-refractivity contribution in [3.8, 4) is 0 Å². The second kappa shape index (κ2) is 3.78. The molecule has 2 nitrogen and oxygen atoms in total. The molecule has 1 aliphatic rings. The first kappa shape index (κ1) is 9.64. The van der Waals surface area contributed by atoms with Gasteiger partial charge in [0.2, 0.25) is 0 Å². The first-order valence-corrected chi connectivity index (χ1v) is 5.96. The number of nitrogens with one attached hydrogen (secondary N) is 1. The molecule has 0 aliphatic heterocycles. The highest BCUT2D eigenvalue weighted by atomic mass is 14.9. The molecule has 0 saturated heterocycles. The lowest BCUT2D eigenvalue weighted by molar-refractivity contribution is 0.482. The Morgan fingerprint density at radius 3 is 3.00 bits per heavy atom. The highest BCUT2D eigenvalue weighted by Gasteiger charge is 2.32. The number of H-pyrrole nitrogens is 1. The van der Waals surface area contributed by atoms with Gasteiger partial charge >= 0.3 is 0 Å². The predicted molar refractivity (Wildman–Crippen MR) is 64.4 cm³/mol. The van der Waals surface area contributed by atoms with Gasteiger partial charge in [0.05, 0.1) is 6.33 Å². The van der Waals surface area contributed by atoms with Gasteiger partial charge in [-0.2, -0.15) is 0 Å². The van der Waals surface area contributed by atoms with Gasteiger partial charge in [-0.25, -0.2) is 4.98 Å². The number of hydrogen-bond acceptors (Lipinski definition) is 1. The number of benzene rings is 1. The molecule has 1 aromatic heterocycles. The van der Waals surface area contributed by atoms with E-state index in [0.29, 0.717) is 5.92 Å². The Bertz CT molecular complexity index is 473. The molecule has 2 atom stereocenters. The maximum Gasteiger partial charge on any atom is 0.0921 e. The Morgan fingerprint density at radius 1 is 1.38 bits per heavy atom. The minimum Gasteiger partial charge on any atom is -0.348 e. The molecule has 1 N–H and O–H groups in total. The predicted octanol–water partition coefficient (Wildman–Crippen LogP) is 3.12. The van der Waals surface area contributed by atoms with Crippen molar-refractivity contribution in [1.82, 2.24) is 9.97 Å². The lowest BCUT2D eigenvalue weighted by atomic mass is 9.88. The summed E-state index contributed by atoms with van der Waals surface area (Å²) in [6, 6.07) is 8.80. The van der Waals surface area contributed by atoms with Crippen LogP contribution in [0.3, 0.4) is 0 Å². The van der Waals surface area contributed by atoms with Crippen molar-refractivity contribution < 1.29 is 0 Å². The third-order valence-electron chi connectivity index (χ3n) is 3.72. The fourth-order valence-corrected chi connectivity index (χ4v) is 2.92. The van der Waals surface area contributed by atoms with Crippen LogP contribution in [0.2, 0.25) is 0 Å². The van der Waals surface area contributed by atoms with Gasteiger partial charge in [-0.1, -0.05) is 37.6 Å². The molecular weight excluding hydrogens is 196 g/mol. The fourth-order valence-electron chi connectivity index (χ4n) is 2.92. The van der Waals surface area contributed by atoms with Crippen LogP contribution in [0.15, 0.2) is 36.8 Å². The van der Waals surface area contributed by atoms with Crippen LogP contribution in [-0.2, 0) is 6.42 Å².